The monoisotopic (exact) mass is 483 g/mol. The first kappa shape index (κ1) is 21.2. The summed E-state index contributed by atoms with van der Waals surface area (Å²) in [5.41, 5.74) is 0. The van der Waals surface area contributed by atoms with Gasteiger partial charge in [0.15, 0.2) is 10.6 Å². The van der Waals surface area contributed by atoms with Crippen LogP contribution in [0.2, 0.25) is 5.02 Å². The minimum Gasteiger partial charge on any atom is -0.338 e. The van der Waals surface area contributed by atoms with Crippen molar-refractivity contribution in [1.29, 1.82) is 0 Å². The molecule has 8 nitrogen and oxygen atoms in total. The quantitative estimate of drug-likeness (QED) is 0.563. The molecule has 3 aromatic rings. The van der Waals surface area contributed by atoms with Crippen molar-refractivity contribution in [3.05, 3.63) is 51.6 Å². The summed E-state index contributed by atoms with van der Waals surface area (Å²) in [6.07, 6.45) is 0. The van der Waals surface area contributed by atoms with E-state index in [0.717, 1.165) is 4.88 Å². The zero-order valence-electron chi connectivity index (χ0n) is 15.7. The van der Waals surface area contributed by atoms with Gasteiger partial charge in [-0.25, -0.2) is 8.42 Å². The second-order valence-corrected chi connectivity index (χ2v) is 10.4. The maximum absolute atomic E-state index is 12.8. The van der Waals surface area contributed by atoms with E-state index in [1.807, 2.05) is 17.5 Å². The first-order valence-corrected chi connectivity index (χ1v) is 12.2. The van der Waals surface area contributed by atoms with Gasteiger partial charge in [-0.05, 0) is 47.9 Å². The van der Waals surface area contributed by atoms with Gasteiger partial charge < -0.3 is 4.90 Å². The molecule has 3 heterocycles. The second-order valence-electron chi connectivity index (χ2n) is 6.65. The fraction of sp³-hybridized carbons (Fsp3) is 0.278. The van der Waals surface area contributed by atoms with Crippen LogP contribution in [0.15, 0.2) is 46.7 Å². The summed E-state index contributed by atoms with van der Waals surface area (Å²) in [5.74, 6) is 0.487. The number of carbonyl (C=O) groups is 1. The normalized spacial score (nSPS) is 15.4. The van der Waals surface area contributed by atoms with Gasteiger partial charge in [-0.2, -0.15) is 9.40 Å². The highest BCUT2D eigenvalue weighted by atomic mass is 35.5. The third-order valence-corrected chi connectivity index (χ3v) is 8.18. The van der Waals surface area contributed by atoms with Gasteiger partial charge >= 0.3 is 0 Å². The number of hydrogen-bond acceptors (Lipinski definition) is 6. The largest absolute Gasteiger partial charge is 0.338 e. The van der Waals surface area contributed by atoms with Gasteiger partial charge in [-0.15, -0.1) is 11.3 Å². The summed E-state index contributed by atoms with van der Waals surface area (Å²) in [6, 6.07) is 9.90. The molecule has 0 aliphatic carbocycles. The van der Waals surface area contributed by atoms with Crippen LogP contribution in [0.25, 0.3) is 10.7 Å². The van der Waals surface area contributed by atoms with Gasteiger partial charge in [-0.1, -0.05) is 17.7 Å². The van der Waals surface area contributed by atoms with Crippen molar-refractivity contribution in [2.75, 3.05) is 26.2 Å². The molecule has 1 fully saturated rings. The van der Waals surface area contributed by atoms with Crippen LogP contribution in [0.4, 0.5) is 0 Å². The Morgan fingerprint density at radius 1 is 1.17 bits per heavy atom. The number of amides is 1. The van der Waals surface area contributed by atoms with Gasteiger partial charge in [0.1, 0.15) is 6.54 Å². The molecule has 4 rings (SSSR count). The maximum atomic E-state index is 12.8. The van der Waals surface area contributed by atoms with Crippen molar-refractivity contribution in [2.45, 2.75) is 11.4 Å². The van der Waals surface area contributed by atoms with Crippen molar-refractivity contribution < 1.29 is 13.2 Å². The van der Waals surface area contributed by atoms with E-state index in [-0.39, 0.29) is 30.4 Å². The number of halogens is 1. The van der Waals surface area contributed by atoms with E-state index in [2.05, 4.69) is 10.2 Å². The van der Waals surface area contributed by atoms with Crippen molar-refractivity contribution in [1.82, 2.24) is 24.0 Å². The second kappa shape index (κ2) is 8.60. The predicted molar refractivity (Wildman–Crippen MR) is 118 cm³/mol. The van der Waals surface area contributed by atoms with Crippen LogP contribution in [0, 0.1) is 4.77 Å². The molecule has 158 valence electrons. The molecule has 0 saturated carbocycles. The topological polar surface area (TPSA) is 91.3 Å². The van der Waals surface area contributed by atoms with Crippen LogP contribution in [-0.4, -0.2) is 64.5 Å². The molecular weight excluding hydrogens is 466 g/mol. The molecule has 1 aliphatic heterocycles. The average Bonchev–Trinajstić information content (AvgIpc) is 3.39. The fourth-order valence-electron chi connectivity index (χ4n) is 3.23. The summed E-state index contributed by atoms with van der Waals surface area (Å²) in [6.45, 7) is 1.12. The Labute approximate surface area is 187 Å². The number of aromatic nitrogens is 3. The summed E-state index contributed by atoms with van der Waals surface area (Å²) in [5, 5.41) is 9.37. The Hall–Kier alpha value is -2.05. The van der Waals surface area contributed by atoms with Crippen LogP contribution >= 0.6 is 35.2 Å². The number of piperazine rings is 1. The van der Waals surface area contributed by atoms with E-state index in [9.17, 15) is 13.2 Å². The van der Waals surface area contributed by atoms with Gasteiger partial charge in [0.25, 0.3) is 0 Å². The number of nitrogens with one attached hydrogen (secondary N) is 1. The lowest BCUT2D eigenvalue weighted by atomic mass is 10.3. The van der Waals surface area contributed by atoms with Crippen LogP contribution in [0.5, 0.6) is 0 Å². The molecule has 0 radical (unpaired) electrons. The van der Waals surface area contributed by atoms with Crippen LogP contribution in [0.3, 0.4) is 0 Å². The molecule has 1 aromatic carbocycles. The third kappa shape index (κ3) is 4.21. The number of thiophene rings is 1. The van der Waals surface area contributed by atoms with E-state index in [1.54, 1.807) is 21.6 Å². The molecule has 0 bridgehead atoms. The zero-order chi connectivity index (χ0) is 21.3. The highest BCUT2D eigenvalue weighted by molar-refractivity contribution is 7.89. The lowest BCUT2D eigenvalue weighted by molar-refractivity contribution is -0.133. The van der Waals surface area contributed by atoms with Gasteiger partial charge in [-0.3, -0.25) is 14.5 Å². The van der Waals surface area contributed by atoms with Crippen molar-refractivity contribution in [3.8, 4) is 10.7 Å². The van der Waals surface area contributed by atoms with E-state index < -0.39 is 10.0 Å². The van der Waals surface area contributed by atoms with E-state index >= 15 is 0 Å². The molecular formula is C18H18ClN5O3S3. The van der Waals surface area contributed by atoms with Crippen LogP contribution in [-0.2, 0) is 21.4 Å². The Morgan fingerprint density at radius 2 is 1.87 bits per heavy atom. The first-order chi connectivity index (χ1) is 14.4. The number of carbonyl (C=O) groups excluding carboxylic acids is 1. The van der Waals surface area contributed by atoms with Crippen molar-refractivity contribution in [3.63, 3.8) is 0 Å². The van der Waals surface area contributed by atoms with Crippen LogP contribution < -0.4 is 0 Å². The number of nitrogens with zero attached hydrogens (tertiary/aromatic N) is 4. The predicted octanol–water partition coefficient (Wildman–Crippen LogP) is 2.86. The molecule has 2 aromatic heterocycles. The Kier molecular flexibility index (Phi) is 6.07. The number of benzene rings is 1. The Balaban J connectivity index is 1.43. The minimum absolute atomic E-state index is 0.0481. The summed E-state index contributed by atoms with van der Waals surface area (Å²) >= 11 is 12.6. The third-order valence-electron chi connectivity index (χ3n) is 4.84. The molecule has 0 spiro atoms. The van der Waals surface area contributed by atoms with Gasteiger partial charge in [0.05, 0.1) is 9.77 Å². The summed E-state index contributed by atoms with van der Waals surface area (Å²) in [7, 11) is -3.62. The van der Waals surface area contributed by atoms with Crippen molar-refractivity contribution in [2.24, 2.45) is 0 Å². The Bertz CT molecular complexity index is 1190. The smallest absolute Gasteiger partial charge is 0.243 e. The highest BCUT2D eigenvalue weighted by Gasteiger charge is 2.30. The number of H-pyrrole nitrogens is 1. The fourth-order valence-corrected chi connectivity index (χ4v) is 5.69. The number of sulfonamides is 1. The Morgan fingerprint density at radius 3 is 2.50 bits per heavy atom. The number of aromatic amines is 1. The zero-order valence-corrected chi connectivity index (χ0v) is 18.9. The molecule has 1 saturated heterocycles. The molecule has 12 heteroatoms. The van der Waals surface area contributed by atoms with Gasteiger partial charge in [0, 0.05) is 31.2 Å². The number of rotatable bonds is 5. The molecule has 1 aliphatic rings. The average molecular weight is 484 g/mol. The standard InChI is InChI=1S/C18H18ClN5O3S3/c19-13-3-5-14(6-4-13)30(26,27)23-9-7-22(8-10-23)16(25)12-24-17(20-21-18(24)28)15-2-1-11-29-15/h1-6,11H,7-10,12H2,(H,21,28). The van der Waals surface area contributed by atoms with E-state index in [1.165, 1.54) is 27.8 Å². The highest BCUT2D eigenvalue weighted by Crippen LogP contribution is 2.23. The van der Waals surface area contributed by atoms with E-state index in [0.29, 0.717) is 28.7 Å². The summed E-state index contributed by atoms with van der Waals surface area (Å²) < 4.78 is 29.0. The van der Waals surface area contributed by atoms with Gasteiger partial charge in [0.2, 0.25) is 15.9 Å². The minimum atomic E-state index is -3.62. The molecule has 0 unspecified atom stereocenters. The first-order valence-electron chi connectivity index (χ1n) is 9.09. The SMILES string of the molecule is O=C(Cn1c(-c2cccs2)n[nH]c1=S)N1CCN(S(=O)(=O)c2ccc(Cl)cc2)CC1. The van der Waals surface area contributed by atoms with Crippen LogP contribution in [0.1, 0.15) is 0 Å². The lowest BCUT2D eigenvalue weighted by Gasteiger charge is -2.34. The molecule has 0 atom stereocenters. The summed E-state index contributed by atoms with van der Waals surface area (Å²) in [4.78, 5) is 15.6. The lowest BCUT2D eigenvalue weighted by Crippen LogP contribution is -2.51. The molecule has 1 amide bonds. The number of hydrogen-bond donors (Lipinski definition) is 1. The molecule has 30 heavy (non-hydrogen) atoms. The molecule has 1 N–H and O–H groups in total. The maximum Gasteiger partial charge on any atom is 0.243 e. The van der Waals surface area contributed by atoms with Crippen molar-refractivity contribution >= 4 is 51.1 Å². The van der Waals surface area contributed by atoms with E-state index in [4.69, 9.17) is 23.8 Å².